The van der Waals surface area contributed by atoms with E-state index in [0.29, 0.717) is 19.3 Å². The van der Waals surface area contributed by atoms with Crippen LogP contribution >= 0.6 is 12.6 Å². The molecule has 0 aliphatic carbocycles. The molecule has 0 bridgehead atoms. The Morgan fingerprint density at radius 3 is 2.00 bits per heavy atom. The molecule has 16 heteroatoms. The average Bonchev–Trinajstić information content (AvgIpc) is 3.41. The summed E-state index contributed by atoms with van der Waals surface area (Å²) < 4.78 is 0. The van der Waals surface area contributed by atoms with E-state index in [2.05, 4.69) is 33.9 Å². The zero-order valence-corrected chi connectivity index (χ0v) is 25.2. The number of carboxylic acids is 3. The summed E-state index contributed by atoms with van der Waals surface area (Å²) in [5.41, 5.74) is 0. The van der Waals surface area contributed by atoms with Crippen LogP contribution in [0.1, 0.15) is 59.8 Å². The lowest BCUT2D eigenvalue weighted by Gasteiger charge is -2.33. The Kier molecular flexibility index (Phi) is 15.3. The Morgan fingerprint density at radius 1 is 0.881 bits per heavy atom. The van der Waals surface area contributed by atoms with Gasteiger partial charge in [-0.05, 0) is 24.7 Å². The summed E-state index contributed by atoms with van der Waals surface area (Å²) in [7, 11) is 0. The van der Waals surface area contributed by atoms with E-state index in [1.54, 1.807) is 27.7 Å². The fourth-order valence-electron chi connectivity index (χ4n) is 4.43. The third-order valence-electron chi connectivity index (χ3n) is 7.08. The first-order valence-electron chi connectivity index (χ1n) is 13.9. The summed E-state index contributed by atoms with van der Waals surface area (Å²) in [5.74, 6) is -7.39. The van der Waals surface area contributed by atoms with Crippen molar-refractivity contribution in [1.82, 2.24) is 26.2 Å². The Labute approximate surface area is 249 Å². The van der Waals surface area contributed by atoms with Gasteiger partial charge in [0.1, 0.15) is 24.2 Å². The molecular weight excluding hydrogens is 574 g/mol. The number of hydrogen-bond donors (Lipinski definition) is 8. The van der Waals surface area contributed by atoms with Gasteiger partial charge >= 0.3 is 17.9 Å². The molecule has 0 saturated carbocycles. The molecule has 0 unspecified atom stereocenters. The van der Waals surface area contributed by atoms with Crippen molar-refractivity contribution in [3.63, 3.8) is 0 Å². The van der Waals surface area contributed by atoms with E-state index in [0.717, 1.165) is 0 Å². The number of hydrogen-bond acceptors (Lipinski definition) is 9. The first-order chi connectivity index (χ1) is 19.6. The van der Waals surface area contributed by atoms with E-state index in [1.807, 2.05) is 0 Å². The number of carbonyl (C=O) groups excluding carboxylic acids is 4. The minimum atomic E-state index is -1.31. The number of nitrogens with one attached hydrogen (secondary N) is 4. The van der Waals surface area contributed by atoms with Gasteiger partial charge < -0.3 is 41.5 Å². The molecule has 15 nitrogen and oxygen atoms in total. The van der Waals surface area contributed by atoms with Gasteiger partial charge in [0.25, 0.3) is 0 Å². The zero-order chi connectivity index (χ0) is 32.1. The molecule has 0 aromatic rings. The molecule has 238 valence electrons. The van der Waals surface area contributed by atoms with Crippen LogP contribution in [-0.2, 0) is 33.6 Å². The van der Waals surface area contributed by atoms with Crippen molar-refractivity contribution in [2.75, 3.05) is 18.8 Å². The summed E-state index contributed by atoms with van der Waals surface area (Å²) in [5, 5.41) is 37.5. The number of carbonyl (C=O) groups is 7. The first-order valence-corrected chi connectivity index (χ1v) is 14.5. The number of aliphatic carboxylic acids is 3. The molecule has 7 N–H and O–H groups in total. The van der Waals surface area contributed by atoms with E-state index < -0.39 is 90.0 Å². The lowest BCUT2D eigenvalue weighted by atomic mass is 9.95. The first kappa shape index (κ1) is 36.6. The van der Waals surface area contributed by atoms with Gasteiger partial charge in [0, 0.05) is 18.8 Å². The number of amides is 4. The van der Waals surface area contributed by atoms with E-state index in [9.17, 15) is 43.8 Å². The van der Waals surface area contributed by atoms with Crippen molar-refractivity contribution in [2.24, 2.45) is 11.8 Å². The van der Waals surface area contributed by atoms with Crippen molar-refractivity contribution in [3.8, 4) is 0 Å². The molecule has 0 radical (unpaired) electrons. The monoisotopic (exact) mass is 617 g/mol. The quantitative estimate of drug-likeness (QED) is 0.0874. The maximum atomic E-state index is 13.6. The predicted molar refractivity (Wildman–Crippen MR) is 153 cm³/mol. The van der Waals surface area contributed by atoms with E-state index in [-0.39, 0.29) is 25.3 Å². The van der Waals surface area contributed by atoms with Crippen LogP contribution in [0.15, 0.2) is 0 Å². The second-order valence-electron chi connectivity index (χ2n) is 10.6. The Bertz CT molecular complexity index is 1010. The average molecular weight is 618 g/mol. The van der Waals surface area contributed by atoms with Crippen LogP contribution in [0.4, 0.5) is 0 Å². The third-order valence-corrected chi connectivity index (χ3v) is 7.45. The van der Waals surface area contributed by atoms with Gasteiger partial charge in [0.05, 0.1) is 18.9 Å². The van der Waals surface area contributed by atoms with Crippen LogP contribution < -0.4 is 21.3 Å². The van der Waals surface area contributed by atoms with Crippen molar-refractivity contribution in [3.05, 3.63) is 0 Å². The highest BCUT2D eigenvalue weighted by molar-refractivity contribution is 7.80. The molecule has 0 aromatic heterocycles. The highest BCUT2D eigenvalue weighted by atomic mass is 32.1. The van der Waals surface area contributed by atoms with Gasteiger partial charge in [0.2, 0.25) is 23.6 Å². The molecule has 1 aliphatic rings. The topological polar surface area (TPSA) is 232 Å². The number of carboxylic acid groups (broad SMARTS) is 3. The molecule has 1 saturated heterocycles. The second-order valence-corrected chi connectivity index (χ2v) is 11.0. The molecule has 1 rings (SSSR count). The van der Waals surface area contributed by atoms with Crippen LogP contribution in [-0.4, -0.2) is 111 Å². The normalized spacial score (nSPS) is 18.3. The summed E-state index contributed by atoms with van der Waals surface area (Å²) in [6, 6.07) is -5.71. The largest absolute Gasteiger partial charge is 0.481 e. The predicted octanol–water partition coefficient (Wildman–Crippen LogP) is -0.944. The van der Waals surface area contributed by atoms with Gasteiger partial charge in [-0.3, -0.25) is 28.8 Å². The molecular formula is C26H43N5O10S. The highest BCUT2D eigenvalue weighted by Gasteiger charge is 2.40. The summed E-state index contributed by atoms with van der Waals surface area (Å²) in [4.78, 5) is 87.7. The Morgan fingerprint density at radius 2 is 1.50 bits per heavy atom. The number of thiol groups is 1. The van der Waals surface area contributed by atoms with E-state index in [1.165, 1.54) is 4.90 Å². The third kappa shape index (κ3) is 11.1. The van der Waals surface area contributed by atoms with Gasteiger partial charge in [0.15, 0.2) is 0 Å². The number of likely N-dealkylation sites (tertiary alicyclic amines) is 1. The van der Waals surface area contributed by atoms with Gasteiger partial charge in [-0.2, -0.15) is 12.6 Å². The molecule has 0 spiro atoms. The summed E-state index contributed by atoms with van der Waals surface area (Å²) in [6.07, 6.45) is 0.242. The standard InChI is InChI=1S/C26H43N5O10S/c1-5-14(4)21(30-22(36)15(11-19(34)35)27-9-8-18(32)33)24(38)29-20(13(2)3)25(39)31-10-6-7-17(31)23(37)28-16(12-42)26(40)41/h13-17,20-21,27,42H,5-12H2,1-4H3,(H,28,37)(H,29,38)(H,30,36)(H,32,33)(H,34,35)(H,40,41)/t14-,15+,16-,17-,20-,21-/m0/s1. The lowest BCUT2D eigenvalue weighted by molar-refractivity contribution is -0.145. The SMILES string of the molecule is CC[C@H](C)[C@H](NC(=O)[C@@H](CC(=O)O)NCCC(=O)O)C(=O)N[C@H](C(=O)N1CCC[C@H]1C(=O)N[C@@H](CS)C(=O)O)C(C)C. The molecule has 1 fully saturated rings. The maximum Gasteiger partial charge on any atom is 0.327 e. The van der Waals surface area contributed by atoms with Crippen molar-refractivity contribution in [2.45, 2.75) is 90.0 Å². The zero-order valence-electron chi connectivity index (χ0n) is 24.3. The van der Waals surface area contributed by atoms with Crippen molar-refractivity contribution < 1.29 is 48.9 Å². The minimum absolute atomic E-state index is 0.141. The van der Waals surface area contributed by atoms with Gasteiger partial charge in [-0.1, -0.05) is 34.1 Å². The molecule has 1 heterocycles. The lowest BCUT2D eigenvalue weighted by Crippen LogP contribution is -2.61. The Hall–Kier alpha value is -3.40. The summed E-state index contributed by atoms with van der Waals surface area (Å²) in [6.45, 7) is 6.92. The van der Waals surface area contributed by atoms with Crippen LogP contribution in [0.3, 0.4) is 0 Å². The van der Waals surface area contributed by atoms with E-state index in [4.69, 9.17) is 5.11 Å². The van der Waals surface area contributed by atoms with E-state index >= 15 is 0 Å². The van der Waals surface area contributed by atoms with Gasteiger partial charge in [-0.15, -0.1) is 0 Å². The van der Waals surface area contributed by atoms with Crippen LogP contribution in [0.5, 0.6) is 0 Å². The number of nitrogens with zero attached hydrogens (tertiary/aromatic N) is 1. The highest BCUT2D eigenvalue weighted by Crippen LogP contribution is 2.21. The fourth-order valence-corrected chi connectivity index (χ4v) is 4.68. The molecule has 4 amide bonds. The Balaban J connectivity index is 3.11. The fraction of sp³-hybridized carbons (Fsp3) is 0.731. The van der Waals surface area contributed by atoms with Crippen molar-refractivity contribution >= 4 is 54.2 Å². The van der Waals surface area contributed by atoms with Gasteiger partial charge in [-0.25, -0.2) is 4.79 Å². The molecule has 42 heavy (non-hydrogen) atoms. The summed E-state index contributed by atoms with van der Waals surface area (Å²) >= 11 is 3.94. The van der Waals surface area contributed by atoms with Crippen LogP contribution in [0.25, 0.3) is 0 Å². The minimum Gasteiger partial charge on any atom is -0.481 e. The molecule has 6 atom stereocenters. The number of rotatable bonds is 18. The molecule has 0 aromatic carbocycles. The molecule has 1 aliphatic heterocycles. The van der Waals surface area contributed by atoms with Crippen LogP contribution in [0.2, 0.25) is 0 Å². The van der Waals surface area contributed by atoms with Crippen LogP contribution in [0, 0.1) is 11.8 Å². The van der Waals surface area contributed by atoms with Crippen molar-refractivity contribution in [1.29, 1.82) is 0 Å². The smallest absolute Gasteiger partial charge is 0.327 e. The maximum absolute atomic E-state index is 13.6. The second kappa shape index (κ2) is 17.5.